The molecule has 0 aromatic heterocycles. The van der Waals surface area contributed by atoms with Crippen LogP contribution < -0.4 is 9.80 Å². The van der Waals surface area contributed by atoms with Crippen LogP contribution in [0.1, 0.15) is 5.56 Å². The van der Waals surface area contributed by atoms with Crippen LogP contribution >= 0.6 is 0 Å². The number of nitrogens with zero attached hydrogens (tertiary/aromatic N) is 2. The number of para-hydroxylation sites is 2. The van der Waals surface area contributed by atoms with Crippen LogP contribution in [0, 0.1) is 6.92 Å². The third kappa shape index (κ3) is 6.92. The molecule has 0 fully saturated rings. The van der Waals surface area contributed by atoms with E-state index in [-0.39, 0.29) is 0 Å². The lowest BCUT2D eigenvalue weighted by atomic mass is 9.86. The van der Waals surface area contributed by atoms with Crippen LogP contribution in [0.4, 0.5) is 34.1 Å². The monoisotopic (exact) mass is 754 g/mol. The highest BCUT2D eigenvalue weighted by Gasteiger charge is 2.18. The highest BCUT2D eigenvalue weighted by Crippen LogP contribution is 2.45. The summed E-state index contributed by atoms with van der Waals surface area (Å²) in [5.74, 6) is 0. The van der Waals surface area contributed by atoms with E-state index in [1.807, 2.05) is 0 Å². The number of aryl methyl sites for hydroxylation is 1. The van der Waals surface area contributed by atoms with E-state index in [9.17, 15) is 0 Å². The van der Waals surface area contributed by atoms with Crippen molar-refractivity contribution in [1.29, 1.82) is 0 Å². The standard InChI is InChI=1S/C57H42N2/c1-41-25-33-48(34-26-41)59(50-37-29-43(30-38-50)42-27-35-49(36-28-42)58(46-17-7-3-8-18-46)47-19-9-4-10-20-47)51-39-31-45(32-40-51)57-54-23-13-11-21-52(54)56(44-15-5-2-6-16-44)53-22-12-14-24-55(53)57/h2-40H,1H3. The predicted octanol–water partition coefficient (Wildman–Crippen LogP) is 16.2. The zero-order valence-corrected chi connectivity index (χ0v) is 32.9. The van der Waals surface area contributed by atoms with Gasteiger partial charge in [-0.2, -0.15) is 0 Å². The minimum Gasteiger partial charge on any atom is -0.311 e. The van der Waals surface area contributed by atoms with Crippen molar-refractivity contribution in [3.05, 3.63) is 242 Å². The average Bonchev–Trinajstić information content (AvgIpc) is 3.31. The molecule has 10 aromatic carbocycles. The highest BCUT2D eigenvalue weighted by atomic mass is 15.1. The summed E-state index contributed by atoms with van der Waals surface area (Å²) in [6, 6.07) is 85.3. The maximum Gasteiger partial charge on any atom is 0.0462 e. The molecule has 59 heavy (non-hydrogen) atoms. The van der Waals surface area contributed by atoms with E-state index < -0.39 is 0 Å². The first-order valence-electron chi connectivity index (χ1n) is 20.3. The minimum absolute atomic E-state index is 1.10. The van der Waals surface area contributed by atoms with E-state index in [0.29, 0.717) is 0 Å². The zero-order valence-electron chi connectivity index (χ0n) is 32.9. The molecule has 0 spiro atoms. The van der Waals surface area contributed by atoms with Crippen LogP contribution in [0.5, 0.6) is 0 Å². The lowest BCUT2D eigenvalue weighted by Crippen LogP contribution is -2.10. The van der Waals surface area contributed by atoms with Gasteiger partial charge in [0, 0.05) is 34.1 Å². The third-order valence-corrected chi connectivity index (χ3v) is 11.3. The summed E-state index contributed by atoms with van der Waals surface area (Å²) in [6.45, 7) is 2.14. The average molecular weight is 755 g/mol. The number of hydrogen-bond acceptors (Lipinski definition) is 2. The summed E-state index contributed by atoms with van der Waals surface area (Å²) >= 11 is 0. The smallest absolute Gasteiger partial charge is 0.0462 e. The van der Waals surface area contributed by atoms with Crippen molar-refractivity contribution in [2.75, 3.05) is 9.80 Å². The molecule has 2 heteroatoms. The molecule has 0 aliphatic carbocycles. The van der Waals surface area contributed by atoms with Crippen molar-refractivity contribution in [2.24, 2.45) is 0 Å². The topological polar surface area (TPSA) is 6.48 Å². The van der Waals surface area contributed by atoms with Gasteiger partial charge in [-0.1, -0.05) is 169 Å². The van der Waals surface area contributed by atoms with Gasteiger partial charge in [0.15, 0.2) is 0 Å². The molecule has 0 radical (unpaired) electrons. The van der Waals surface area contributed by atoms with E-state index in [1.165, 1.54) is 60.5 Å². The quantitative estimate of drug-likeness (QED) is 0.135. The van der Waals surface area contributed by atoms with Gasteiger partial charge in [0.1, 0.15) is 0 Å². The van der Waals surface area contributed by atoms with Crippen molar-refractivity contribution in [2.45, 2.75) is 6.92 Å². The molecule has 10 rings (SSSR count). The van der Waals surface area contributed by atoms with Gasteiger partial charge in [-0.05, 0) is 135 Å². The fourth-order valence-corrected chi connectivity index (χ4v) is 8.48. The molecule has 0 heterocycles. The molecular weight excluding hydrogens is 713 g/mol. The second-order valence-corrected chi connectivity index (χ2v) is 15.0. The molecule has 0 unspecified atom stereocenters. The molecule has 0 saturated carbocycles. The Hall–Kier alpha value is -7.68. The van der Waals surface area contributed by atoms with E-state index >= 15 is 0 Å². The summed E-state index contributed by atoms with van der Waals surface area (Å²) in [5, 5.41) is 5.03. The van der Waals surface area contributed by atoms with Gasteiger partial charge in [0.25, 0.3) is 0 Å². The van der Waals surface area contributed by atoms with E-state index in [2.05, 4.69) is 253 Å². The van der Waals surface area contributed by atoms with Crippen LogP contribution in [0.2, 0.25) is 0 Å². The van der Waals surface area contributed by atoms with Crippen LogP contribution in [0.15, 0.2) is 237 Å². The van der Waals surface area contributed by atoms with Crippen molar-refractivity contribution < 1.29 is 0 Å². The van der Waals surface area contributed by atoms with Crippen LogP contribution in [-0.4, -0.2) is 0 Å². The van der Waals surface area contributed by atoms with E-state index in [4.69, 9.17) is 0 Å². The van der Waals surface area contributed by atoms with Gasteiger partial charge >= 0.3 is 0 Å². The van der Waals surface area contributed by atoms with Crippen molar-refractivity contribution in [3.63, 3.8) is 0 Å². The summed E-state index contributed by atoms with van der Waals surface area (Å²) in [4.78, 5) is 4.64. The minimum atomic E-state index is 1.10. The highest BCUT2D eigenvalue weighted by molar-refractivity contribution is 6.21. The molecule has 0 aliphatic rings. The van der Waals surface area contributed by atoms with Crippen LogP contribution in [0.25, 0.3) is 54.9 Å². The largest absolute Gasteiger partial charge is 0.311 e. The third-order valence-electron chi connectivity index (χ3n) is 11.3. The molecule has 0 bridgehead atoms. The SMILES string of the molecule is Cc1ccc(N(c2ccc(-c3ccc(N(c4ccccc4)c4ccccc4)cc3)cc2)c2ccc(-c3c4ccccc4c(-c4ccccc4)c4ccccc34)cc2)cc1. The Labute approximate surface area is 346 Å². The normalized spacial score (nSPS) is 11.1. The molecule has 0 atom stereocenters. The first-order valence-corrected chi connectivity index (χ1v) is 20.3. The molecule has 2 nitrogen and oxygen atoms in total. The van der Waals surface area contributed by atoms with Gasteiger partial charge < -0.3 is 9.80 Å². The Balaban J connectivity index is 1.01. The Morgan fingerprint density at radius 3 is 0.831 bits per heavy atom. The molecule has 10 aromatic rings. The van der Waals surface area contributed by atoms with Gasteiger partial charge in [0.2, 0.25) is 0 Å². The summed E-state index contributed by atoms with van der Waals surface area (Å²) in [7, 11) is 0. The van der Waals surface area contributed by atoms with Gasteiger partial charge in [0.05, 0.1) is 0 Å². The predicted molar refractivity (Wildman–Crippen MR) is 252 cm³/mol. The Morgan fingerprint density at radius 2 is 0.475 bits per heavy atom. The molecule has 0 saturated heterocycles. The molecule has 0 aliphatic heterocycles. The second kappa shape index (κ2) is 15.7. The van der Waals surface area contributed by atoms with Gasteiger partial charge in [-0.25, -0.2) is 0 Å². The second-order valence-electron chi connectivity index (χ2n) is 15.0. The number of rotatable bonds is 9. The van der Waals surface area contributed by atoms with Crippen molar-refractivity contribution in [1.82, 2.24) is 0 Å². The zero-order chi connectivity index (χ0) is 39.5. The van der Waals surface area contributed by atoms with E-state index in [1.54, 1.807) is 0 Å². The summed E-state index contributed by atoms with van der Waals surface area (Å²) in [6.07, 6.45) is 0. The number of hydrogen-bond donors (Lipinski definition) is 0. The van der Waals surface area contributed by atoms with Gasteiger partial charge in [-0.15, -0.1) is 0 Å². The van der Waals surface area contributed by atoms with Crippen LogP contribution in [0.3, 0.4) is 0 Å². The lowest BCUT2D eigenvalue weighted by Gasteiger charge is -2.26. The van der Waals surface area contributed by atoms with E-state index in [0.717, 1.165) is 34.1 Å². The molecule has 280 valence electrons. The summed E-state index contributed by atoms with van der Waals surface area (Å²) in [5.41, 5.74) is 15.2. The van der Waals surface area contributed by atoms with Crippen molar-refractivity contribution >= 4 is 55.7 Å². The maximum atomic E-state index is 2.35. The number of benzene rings is 10. The Kier molecular flexibility index (Phi) is 9.50. The van der Waals surface area contributed by atoms with Crippen LogP contribution in [-0.2, 0) is 0 Å². The lowest BCUT2D eigenvalue weighted by molar-refractivity contribution is 1.27. The fourth-order valence-electron chi connectivity index (χ4n) is 8.48. The van der Waals surface area contributed by atoms with Gasteiger partial charge in [-0.3, -0.25) is 0 Å². The number of fused-ring (bicyclic) bond motifs is 2. The maximum absolute atomic E-state index is 2.35. The Bertz CT molecular complexity index is 2900. The molecule has 0 N–H and O–H groups in total. The first-order chi connectivity index (χ1) is 29.2. The molecule has 0 amide bonds. The first kappa shape index (κ1) is 35.7. The van der Waals surface area contributed by atoms with Crippen molar-refractivity contribution in [3.8, 4) is 33.4 Å². The number of anilines is 6. The molecular formula is C57H42N2. The summed E-state index contributed by atoms with van der Waals surface area (Å²) < 4.78 is 0. The fraction of sp³-hybridized carbons (Fsp3) is 0.0175. The Morgan fingerprint density at radius 1 is 0.220 bits per heavy atom.